The number of anilines is 1. The van der Waals surface area contributed by atoms with Gasteiger partial charge in [-0.1, -0.05) is 56.3 Å². The Morgan fingerprint density at radius 1 is 0.944 bits per heavy atom. The number of imidazole rings is 1. The maximum absolute atomic E-state index is 13.1. The monoisotopic (exact) mass is 487 g/mol. The molecule has 5 rings (SSSR count). The van der Waals surface area contributed by atoms with E-state index in [1.165, 1.54) is 11.1 Å². The number of para-hydroxylation sites is 2. The number of amides is 1. The molecule has 1 N–H and O–H groups in total. The molecule has 0 bridgehead atoms. The van der Waals surface area contributed by atoms with Gasteiger partial charge in [0, 0.05) is 51.2 Å². The number of aromatic nitrogens is 2. The Morgan fingerprint density at radius 3 is 2.36 bits per heavy atom. The van der Waals surface area contributed by atoms with Gasteiger partial charge in [-0.25, -0.2) is 4.98 Å². The molecule has 0 atom stereocenters. The molecule has 0 radical (unpaired) electrons. The number of hydrogen-bond donors (Lipinski definition) is 1. The van der Waals surface area contributed by atoms with E-state index in [1.807, 2.05) is 0 Å². The van der Waals surface area contributed by atoms with Crippen LogP contribution >= 0.6 is 0 Å². The fourth-order valence-corrected chi connectivity index (χ4v) is 5.65. The Balaban J connectivity index is 1.12. The highest BCUT2D eigenvalue weighted by molar-refractivity contribution is 5.80. The maximum Gasteiger partial charge on any atom is 0.223 e. The number of rotatable bonds is 8. The third-order valence-corrected chi connectivity index (χ3v) is 7.90. The van der Waals surface area contributed by atoms with Crippen molar-refractivity contribution in [2.45, 2.75) is 65.1 Å². The van der Waals surface area contributed by atoms with Crippen molar-refractivity contribution in [1.29, 1.82) is 0 Å². The van der Waals surface area contributed by atoms with Crippen LogP contribution in [-0.4, -0.2) is 52.6 Å². The van der Waals surface area contributed by atoms with Crippen LogP contribution in [0.1, 0.15) is 51.5 Å². The molecule has 2 aromatic carbocycles. The van der Waals surface area contributed by atoms with Crippen LogP contribution in [0.4, 0.5) is 5.95 Å². The van der Waals surface area contributed by atoms with Crippen molar-refractivity contribution >= 4 is 22.9 Å². The Hall–Kier alpha value is -2.86. The van der Waals surface area contributed by atoms with Gasteiger partial charge in [-0.2, -0.15) is 0 Å². The van der Waals surface area contributed by atoms with Gasteiger partial charge in [0.1, 0.15) is 0 Å². The summed E-state index contributed by atoms with van der Waals surface area (Å²) in [6.07, 6.45) is 5.00. The van der Waals surface area contributed by atoms with Crippen LogP contribution in [0.25, 0.3) is 11.0 Å². The Labute approximate surface area is 215 Å². The van der Waals surface area contributed by atoms with Crippen LogP contribution in [0.15, 0.2) is 54.6 Å². The summed E-state index contributed by atoms with van der Waals surface area (Å²) in [6.45, 7) is 10.4. The average molecular weight is 488 g/mol. The van der Waals surface area contributed by atoms with Gasteiger partial charge in [0.2, 0.25) is 11.9 Å². The smallest absolute Gasteiger partial charge is 0.223 e. The summed E-state index contributed by atoms with van der Waals surface area (Å²) in [5.74, 6) is 2.08. The fourth-order valence-electron chi connectivity index (χ4n) is 5.65. The van der Waals surface area contributed by atoms with Gasteiger partial charge < -0.3 is 14.8 Å². The lowest BCUT2D eigenvalue weighted by Crippen LogP contribution is -2.48. The van der Waals surface area contributed by atoms with Gasteiger partial charge in [0.05, 0.1) is 11.0 Å². The van der Waals surface area contributed by atoms with E-state index >= 15 is 0 Å². The Morgan fingerprint density at radius 2 is 1.64 bits per heavy atom. The highest BCUT2D eigenvalue weighted by atomic mass is 16.2. The van der Waals surface area contributed by atoms with Crippen molar-refractivity contribution in [3.63, 3.8) is 0 Å². The maximum atomic E-state index is 13.1. The van der Waals surface area contributed by atoms with Crippen LogP contribution in [0.5, 0.6) is 0 Å². The van der Waals surface area contributed by atoms with Crippen LogP contribution in [0.2, 0.25) is 0 Å². The van der Waals surface area contributed by atoms with Crippen LogP contribution in [0, 0.1) is 11.8 Å². The number of nitrogens with one attached hydrogen (secondary N) is 1. The molecule has 3 heterocycles. The van der Waals surface area contributed by atoms with Crippen LogP contribution in [-0.2, 0) is 17.9 Å². The Kier molecular flexibility index (Phi) is 7.90. The quantitative estimate of drug-likeness (QED) is 0.481. The zero-order chi connectivity index (χ0) is 24.9. The van der Waals surface area contributed by atoms with Gasteiger partial charge in [-0.05, 0) is 55.7 Å². The minimum atomic E-state index is 0.108. The first-order valence-corrected chi connectivity index (χ1v) is 13.8. The van der Waals surface area contributed by atoms with Gasteiger partial charge in [-0.3, -0.25) is 9.69 Å². The van der Waals surface area contributed by atoms with E-state index in [0.717, 1.165) is 82.8 Å². The highest BCUT2D eigenvalue weighted by Gasteiger charge is 2.29. The van der Waals surface area contributed by atoms with Crippen molar-refractivity contribution in [2.24, 2.45) is 11.8 Å². The molecule has 0 spiro atoms. The van der Waals surface area contributed by atoms with Crippen molar-refractivity contribution < 1.29 is 4.79 Å². The van der Waals surface area contributed by atoms with Crippen molar-refractivity contribution in [1.82, 2.24) is 19.8 Å². The molecule has 3 aromatic rings. The molecule has 2 saturated heterocycles. The lowest BCUT2D eigenvalue weighted by Gasteiger charge is -2.35. The third-order valence-electron chi connectivity index (χ3n) is 7.90. The van der Waals surface area contributed by atoms with E-state index in [2.05, 4.69) is 88.1 Å². The molecule has 2 fully saturated rings. The Bertz CT molecular complexity index is 1120. The van der Waals surface area contributed by atoms with E-state index in [1.54, 1.807) is 0 Å². The van der Waals surface area contributed by atoms with Crippen molar-refractivity contribution in [2.75, 3.05) is 31.1 Å². The summed E-state index contributed by atoms with van der Waals surface area (Å²) in [7, 11) is 0. The molecule has 36 heavy (non-hydrogen) atoms. The average Bonchev–Trinajstić information content (AvgIpc) is 3.28. The number of aryl methyl sites for hydroxylation is 1. The first-order chi connectivity index (χ1) is 17.6. The second-order valence-electron chi connectivity index (χ2n) is 11.0. The lowest BCUT2D eigenvalue weighted by atomic mass is 9.94. The van der Waals surface area contributed by atoms with Crippen LogP contribution in [0.3, 0.4) is 0 Å². The van der Waals surface area contributed by atoms with Gasteiger partial charge in [0.15, 0.2) is 0 Å². The van der Waals surface area contributed by atoms with Gasteiger partial charge in [0.25, 0.3) is 0 Å². The number of piperidine rings is 2. The number of likely N-dealkylation sites (tertiary alicyclic amines) is 1. The molecule has 2 aliphatic rings. The molecular formula is C30H41N5O. The zero-order valence-corrected chi connectivity index (χ0v) is 21.9. The standard InChI is InChI=1S/C30H41N5O/c1-23(2)12-21-35-28-11-7-6-10-27(28)32-30(35)34-19-13-25(14-20-34)29(36)31-26-15-17-33(18-16-26)22-24-8-4-3-5-9-24/h3-11,23,25-26H,12-22H2,1-2H3,(H,31,36). The van der Waals surface area contributed by atoms with Crippen molar-refractivity contribution in [3.05, 3.63) is 60.2 Å². The second-order valence-corrected chi connectivity index (χ2v) is 11.0. The summed E-state index contributed by atoms with van der Waals surface area (Å²) >= 11 is 0. The molecule has 1 aromatic heterocycles. The highest BCUT2D eigenvalue weighted by Crippen LogP contribution is 2.28. The van der Waals surface area contributed by atoms with E-state index in [-0.39, 0.29) is 11.8 Å². The van der Waals surface area contributed by atoms with E-state index in [9.17, 15) is 4.79 Å². The topological polar surface area (TPSA) is 53.4 Å². The number of fused-ring (bicyclic) bond motifs is 1. The zero-order valence-electron chi connectivity index (χ0n) is 21.9. The summed E-state index contributed by atoms with van der Waals surface area (Å²) < 4.78 is 2.39. The summed E-state index contributed by atoms with van der Waals surface area (Å²) in [6, 6.07) is 19.4. The fraction of sp³-hybridized carbons (Fsp3) is 0.533. The molecule has 6 nitrogen and oxygen atoms in total. The predicted octanol–water partition coefficient (Wildman–Crippen LogP) is 5.08. The molecule has 6 heteroatoms. The number of hydrogen-bond acceptors (Lipinski definition) is 4. The molecule has 192 valence electrons. The van der Waals surface area contributed by atoms with E-state index in [0.29, 0.717) is 12.0 Å². The SMILES string of the molecule is CC(C)CCn1c(N2CCC(C(=O)NC3CCN(Cc4ccccc4)CC3)CC2)nc2ccccc21. The van der Waals surface area contributed by atoms with Crippen molar-refractivity contribution in [3.8, 4) is 0 Å². The second kappa shape index (κ2) is 11.5. The minimum absolute atomic E-state index is 0.108. The predicted molar refractivity (Wildman–Crippen MR) is 147 cm³/mol. The molecule has 0 saturated carbocycles. The first kappa shape index (κ1) is 24.8. The van der Waals surface area contributed by atoms with Gasteiger partial charge >= 0.3 is 0 Å². The normalized spacial score (nSPS) is 18.2. The number of benzene rings is 2. The number of nitrogens with zero attached hydrogens (tertiary/aromatic N) is 4. The molecule has 1 amide bonds. The first-order valence-electron chi connectivity index (χ1n) is 13.8. The van der Waals surface area contributed by atoms with Crippen LogP contribution < -0.4 is 10.2 Å². The lowest BCUT2D eigenvalue weighted by molar-refractivity contribution is -0.126. The largest absolute Gasteiger partial charge is 0.353 e. The molecule has 0 aliphatic carbocycles. The number of carbonyl (C=O) groups excluding carboxylic acids is 1. The third kappa shape index (κ3) is 5.92. The van der Waals surface area contributed by atoms with Gasteiger partial charge in [-0.15, -0.1) is 0 Å². The summed E-state index contributed by atoms with van der Waals surface area (Å²) in [4.78, 5) is 23.0. The summed E-state index contributed by atoms with van der Waals surface area (Å²) in [5, 5.41) is 3.39. The minimum Gasteiger partial charge on any atom is -0.353 e. The molecular weight excluding hydrogens is 446 g/mol. The molecule has 0 unspecified atom stereocenters. The number of carbonyl (C=O) groups is 1. The summed E-state index contributed by atoms with van der Waals surface area (Å²) in [5.41, 5.74) is 3.64. The van der Waals surface area contributed by atoms with E-state index < -0.39 is 0 Å². The van der Waals surface area contributed by atoms with E-state index in [4.69, 9.17) is 4.98 Å². The molecule has 2 aliphatic heterocycles.